The maximum absolute atomic E-state index is 14.3. The highest BCUT2D eigenvalue weighted by atomic mass is 32.2. The van der Waals surface area contributed by atoms with E-state index in [1.165, 1.54) is 12.1 Å². The quantitative estimate of drug-likeness (QED) is 0.0219. The molecule has 416 valence electrons. The summed E-state index contributed by atoms with van der Waals surface area (Å²) in [5.74, 6) is -0.395. The Morgan fingerprint density at radius 2 is 1.45 bits per heavy atom. The van der Waals surface area contributed by atoms with Gasteiger partial charge in [-0.1, -0.05) is 25.5 Å². The molecule has 1 aliphatic carbocycles. The molecule has 73 heavy (non-hydrogen) atoms. The number of hydrogen-bond donors (Lipinski definition) is 7. The predicted molar refractivity (Wildman–Crippen MR) is 264 cm³/mol. The Morgan fingerprint density at radius 1 is 0.863 bits per heavy atom. The topological polar surface area (TPSA) is 322 Å². The number of allylic oxidation sites excluding steroid dienone is 1. The zero-order valence-corrected chi connectivity index (χ0v) is 44.7. The van der Waals surface area contributed by atoms with E-state index in [4.69, 9.17) is 33.2 Å². The zero-order valence-electron chi connectivity index (χ0n) is 43.9. The lowest BCUT2D eigenvalue weighted by Crippen LogP contribution is -2.67. The number of amides is 4. The highest BCUT2D eigenvalue weighted by molar-refractivity contribution is 7.89. The Hall–Kier alpha value is -4.89. The zero-order chi connectivity index (χ0) is 54.7. The number of para-hydroxylation sites is 1. The molecule has 7 N–H and O–H groups in total. The number of ether oxygens (including phenoxy) is 7. The summed E-state index contributed by atoms with van der Waals surface area (Å²) < 4.78 is 70.4. The molecule has 24 nitrogen and oxygen atoms in total. The summed E-state index contributed by atoms with van der Waals surface area (Å²) in [7, 11) is -4.55. The first-order valence-corrected chi connectivity index (χ1v) is 26.2. The molecule has 3 rings (SSSR count). The monoisotopic (exact) mass is 1060 g/mol. The fourth-order valence-corrected chi connectivity index (χ4v) is 9.24. The molecule has 1 saturated carbocycles. The van der Waals surface area contributed by atoms with Gasteiger partial charge in [-0.2, -0.15) is 4.31 Å². The Bertz CT molecular complexity index is 2090. The van der Waals surface area contributed by atoms with E-state index in [-0.39, 0.29) is 83.5 Å². The van der Waals surface area contributed by atoms with E-state index in [1.54, 1.807) is 75.3 Å². The second kappa shape index (κ2) is 28.7. The number of benzene rings is 1. The highest BCUT2D eigenvalue weighted by Gasteiger charge is 2.50. The molecule has 1 aromatic rings. The molecule has 0 bridgehead atoms. The minimum Gasteiger partial charge on any atom is -0.468 e. The van der Waals surface area contributed by atoms with Gasteiger partial charge in [0.05, 0.1) is 36.8 Å². The summed E-state index contributed by atoms with van der Waals surface area (Å²) in [6.45, 7) is 16.1. The molecule has 0 saturated heterocycles. The third-order valence-electron chi connectivity index (χ3n) is 10.8. The van der Waals surface area contributed by atoms with Gasteiger partial charge in [0.1, 0.15) is 47.0 Å². The van der Waals surface area contributed by atoms with Crippen LogP contribution in [0, 0.1) is 10.1 Å². The van der Waals surface area contributed by atoms with E-state index < -0.39 is 122 Å². The van der Waals surface area contributed by atoms with Crippen LogP contribution in [0.15, 0.2) is 41.0 Å². The minimum absolute atomic E-state index is 0.0941. The molecule has 1 aromatic carbocycles. The van der Waals surface area contributed by atoms with Crippen molar-refractivity contribution in [2.24, 2.45) is 0 Å². The van der Waals surface area contributed by atoms with Crippen molar-refractivity contribution < 1.29 is 81.0 Å². The second-order valence-electron chi connectivity index (χ2n) is 20.7. The van der Waals surface area contributed by atoms with E-state index in [0.29, 0.717) is 12.8 Å². The average molecular weight is 1060 g/mol. The van der Waals surface area contributed by atoms with Gasteiger partial charge < -0.3 is 69.7 Å². The SMILES string of the molecule is CC[C@@H](O)[C@H](OCCO)O[C@@H]1[C@@H](O)[C@H](O[C@@H]2CCC=C(CN(CCCCCNC(=O)OC(C)(C)C)S(=O)(=O)c3ccccc3[N+](=O)[O-])O2)[C@@H](NC(=O)OC(C)(C)C)C[C@H]1NC(=O)CCCNC(=O)OC(C)(C)C. The summed E-state index contributed by atoms with van der Waals surface area (Å²) in [6, 6.07) is 2.77. The van der Waals surface area contributed by atoms with Gasteiger partial charge in [0.2, 0.25) is 15.9 Å². The van der Waals surface area contributed by atoms with Crippen LogP contribution in [-0.4, -0.2) is 162 Å². The number of nitro groups is 1. The van der Waals surface area contributed by atoms with Crippen LogP contribution < -0.4 is 21.3 Å². The fourth-order valence-electron chi connectivity index (χ4n) is 7.63. The average Bonchev–Trinajstić information content (AvgIpc) is 3.27. The summed E-state index contributed by atoms with van der Waals surface area (Å²) in [5, 5.41) is 55.7. The number of carbonyl (C=O) groups is 4. The molecule has 0 spiro atoms. The normalized spacial score (nSPS) is 21.4. The van der Waals surface area contributed by atoms with Crippen molar-refractivity contribution in [3.05, 3.63) is 46.2 Å². The van der Waals surface area contributed by atoms with Gasteiger partial charge in [-0.3, -0.25) is 14.9 Å². The summed E-state index contributed by atoms with van der Waals surface area (Å²) in [4.78, 5) is 62.0. The Balaban J connectivity index is 1.93. The van der Waals surface area contributed by atoms with Gasteiger partial charge in [0.15, 0.2) is 17.5 Å². The van der Waals surface area contributed by atoms with E-state index in [9.17, 15) is 53.0 Å². The molecule has 1 fully saturated rings. The first-order chi connectivity index (χ1) is 34.0. The van der Waals surface area contributed by atoms with Crippen molar-refractivity contribution in [3.8, 4) is 0 Å². The standard InChI is InChI=1S/C48H80N6O18S/c1-11-35(56)42(66-28-27-55)69-41-32(51-37(57)22-18-25-50-44(60)71-47(5,6)7)29-33(52-45(61)72-48(8,9)10)40(39(41)58)68-38-23-17-19-31(67-38)30-53(26-16-12-15-24-49-43(59)70-46(2,3)4)73(64,65)36-21-14-13-20-34(36)54(62)63/h13-14,19-21,32-33,35,38-42,55-56,58H,11-12,15-18,22-30H2,1-10H3,(H,49,59)(H,50,60)(H,51,57)(H,52,61)/t32-,33+,35-,38-,39+,40-,41+,42-/m1/s1. The number of unbranched alkanes of at least 4 members (excludes halogenated alkanes) is 2. The molecular formula is C48H80N6O18S. The number of hydrogen-bond acceptors (Lipinski definition) is 18. The van der Waals surface area contributed by atoms with Crippen molar-refractivity contribution >= 4 is 39.9 Å². The third-order valence-corrected chi connectivity index (χ3v) is 12.7. The third kappa shape index (κ3) is 22.2. The van der Waals surface area contributed by atoms with Gasteiger partial charge in [-0.15, -0.1) is 0 Å². The molecule has 0 aromatic heterocycles. The number of carbonyl (C=O) groups excluding carboxylic acids is 4. The number of nitrogens with one attached hydrogen (secondary N) is 4. The first-order valence-electron chi connectivity index (χ1n) is 24.7. The van der Waals surface area contributed by atoms with Crippen LogP contribution in [0.1, 0.15) is 127 Å². The number of nitrogens with zero attached hydrogens (tertiary/aromatic N) is 2. The van der Waals surface area contributed by atoms with Gasteiger partial charge in [0, 0.05) is 38.5 Å². The highest BCUT2D eigenvalue weighted by Crippen LogP contribution is 2.33. The van der Waals surface area contributed by atoms with Gasteiger partial charge in [-0.25, -0.2) is 22.8 Å². The van der Waals surface area contributed by atoms with Gasteiger partial charge in [0.25, 0.3) is 5.69 Å². The smallest absolute Gasteiger partial charge is 0.407 e. The second-order valence-corrected chi connectivity index (χ2v) is 22.6. The largest absolute Gasteiger partial charge is 0.468 e. The van der Waals surface area contributed by atoms with E-state index >= 15 is 0 Å². The van der Waals surface area contributed by atoms with E-state index in [1.807, 2.05) is 0 Å². The van der Waals surface area contributed by atoms with Crippen LogP contribution in [0.5, 0.6) is 0 Å². The molecule has 0 radical (unpaired) electrons. The van der Waals surface area contributed by atoms with Gasteiger partial charge >= 0.3 is 18.3 Å². The number of alkyl carbamates (subject to hydrolysis) is 3. The molecule has 2 aliphatic rings. The Labute approximate surface area is 428 Å². The van der Waals surface area contributed by atoms with E-state index in [0.717, 1.165) is 16.4 Å². The van der Waals surface area contributed by atoms with Crippen molar-refractivity contribution in [2.45, 2.75) is 198 Å². The maximum atomic E-state index is 14.3. The minimum atomic E-state index is -4.55. The molecule has 1 heterocycles. The van der Waals surface area contributed by atoms with Crippen LogP contribution in [0.4, 0.5) is 20.1 Å². The lowest BCUT2D eigenvalue weighted by atomic mass is 9.83. The number of sulfonamides is 1. The molecule has 0 unspecified atom stereocenters. The van der Waals surface area contributed by atoms with Crippen LogP contribution in [-0.2, 0) is 48.0 Å². The number of rotatable bonds is 26. The van der Waals surface area contributed by atoms with E-state index in [2.05, 4.69) is 21.3 Å². The fraction of sp³-hybridized carbons (Fsp3) is 0.750. The predicted octanol–water partition coefficient (Wildman–Crippen LogP) is 4.62. The number of nitro benzene ring substituents is 1. The molecule has 25 heteroatoms. The Kier molecular flexibility index (Phi) is 24.5. The van der Waals surface area contributed by atoms with Crippen molar-refractivity contribution in [1.82, 2.24) is 25.6 Å². The van der Waals surface area contributed by atoms with Crippen LogP contribution in [0.25, 0.3) is 0 Å². The van der Waals surface area contributed by atoms with Crippen molar-refractivity contribution in [1.29, 1.82) is 0 Å². The van der Waals surface area contributed by atoms with Crippen molar-refractivity contribution in [3.63, 3.8) is 0 Å². The summed E-state index contributed by atoms with van der Waals surface area (Å²) in [5.41, 5.74) is -3.01. The van der Waals surface area contributed by atoms with Gasteiger partial charge in [-0.05, 0) is 113 Å². The molecule has 1 aliphatic heterocycles. The van der Waals surface area contributed by atoms with Crippen LogP contribution in [0.3, 0.4) is 0 Å². The summed E-state index contributed by atoms with van der Waals surface area (Å²) in [6.07, 6.45) is -7.12. The molecular weight excluding hydrogens is 981 g/mol. The number of aliphatic hydroxyl groups is 3. The lowest BCUT2D eigenvalue weighted by molar-refractivity contribution is -0.387. The number of aliphatic hydroxyl groups excluding tert-OH is 3. The lowest BCUT2D eigenvalue weighted by Gasteiger charge is -2.46. The molecule has 4 amide bonds. The van der Waals surface area contributed by atoms with Crippen LogP contribution >= 0.6 is 0 Å². The van der Waals surface area contributed by atoms with Crippen molar-refractivity contribution in [2.75, 3.05) is 39.4 Å². The maximum Gasteiger partial charge on any atom is 0.407 e. The van der Waals surface area contributed by atoms with Crippen LogP contribution in [0.2, 0.25) is 0 Å². The Morgan fingerprint density at radius 3 is 2.04 bits per heavy atom. The first kappa shape index (κ1) is 62.4. The molecule has 8 atom stereocenters. The summed E-state index contributed by atoms with van der Waals surface area (Å²) >= 11 is 0.